The molecule has 0 aliphatic heterocycles. The van der Waals surface area contributed by atoms with Crippen molar-refractivity contribution in [1.82, 2.24) is 4.98 Å². The van der Waals surface area contributed by atoms with Crippen molar-refractivity contribution in [2.75, 3.05) is 12.4 Å². The normalized spacial score (nSPS) is 10.1. The topological polar surface area (TPSA) is 51.2 Å². The predicted molar refractivity (Wildman–Crippen MR) is 81.9 cm³/mol. The van der Waals surface area contributed by atoms with Gasteiger partial charge >= 0.3 is 0 Å². The van der Waals surface area contributed by atoms with Gasteiger partial charge in [-0.1, -0.05) is 28.1 Å². The summed E-state index contributed by atoms with van der Waals surface area (Å²) in [6, 6.07) is 11.4. The summed E-state index contributed by atoms with van der Waals surface area (Å²) in [5.74, 6) is 0.495. The molecule has 4 nitrogen and oxygen atoms in total. The number of aryl methyl sites for hydroxylation is 1. The van der Waals surface area contributed by atoms with Crippen LogP contribution in [0.3, 0.4) is 0 Å². The van der Waals surface area contributed by atoms with E-state index in [0.717, 1.165) is 10.0 Å². The summed E-state index contributed by atoms with van der Waals surface area (Å²) in [5.41, 5.74) is 1.80. The number of anilines is 1. The van der Waals surface area contributed by atoms with E-state index in [9.17, 15) is 4.79 Å². The summed E-state index contributed by atoms with van der Waals surface area (Å²) in [5, 5.41) is 2.81. The number of carbonyl (C=O) groups excluding carboxylic acids is 1. The number of carbonyl (C=O) groups is 1. The number of rotatable bonds is 5. The van der Waals surface area contributed by atoms with Gasteiger partial charge in [-0.25, -0.2) is 4.98 Å². The molecule has 0 atom stereocenters. The Hall–Kier alpha value is -1.88. The number of pyridine rings is 1. The molecule has 0 radical (unpaired) electrons. The Labute approximate surface area is 126 Å². The molecule has 0 aliphatic carbocycles. The number of halogens is 1. The molecule has 0 bridgehead atoms. The number of methoxy groups -OCH3 is 1. The van der Waals surface area contributed by atoms with E-state index in [2.05, 4.69) is 26.2 Å². The first-order valence-corrected chi connectivity index (χ1v) is 7.01. The molecule has 0 unspecified atom stereocenters. The van der Waals surface area contributed by atoms with E-state index in [4.69, 9.17) is 4.74 Å². The summed E-state index contributed by atoms with van der Waals surface area (Å²) in [7, 11) is 1.55. The third-order valence-electron chi connectivity index (χ3n) is 2.76. The second-order valence-corrected chi connectivity index (χ2v) is 5.18. The molecule has 1 N–H and O–H groups in total. The summed E-state index contributed by atoms with van der Waals surface area (Å²) >= 11 is 3.42. The number of amides is 1. The van der Waals surface area contributed by atoms with Crippen LogP contribution < -0.4 is 10.1 Å². The lowest BCUT2D eigenvalue weighted by atomic mass is 10.1. The van der Waals surface area contributed by atoms with Crippen LogP contribution in [0.25, 0.3) is 0 Å². The van der Waals surface area contributed by atoms with E-state index in [-0.39, 0.29) is 5.91 Å². The van der Waals surface area contributed by atoms with E-state index in [0.29, 0.717) is 24.4 Å². The van der Waals surface area contributed by atoms with Crippen LogP contribution in [0.1, 0.15) is 12.0 Å². The minimum Gasteiger partial charge on any atom is -0.481 e. The van der Waals surface area contributed by atoms with Gasteiger partial charge in [-0.05, 0) is 30.2 Å². The van der Waals surface area contributed by atoms with E-state index < -0.39 is 0 Å². The highest BCUT2D eigenvalue weighted by Gasteiger charge is 2.04. The van der Waals surface area contributed by atoms with Crippen LogP contribution in [0, 0.1) is 0 Å². The lowest BCUT2D eigenvalue weighted by Gasteiger charge is -2.06. The maximum absolute atomic E-state index is 11.8. The SMILES string of the molecule is COc1ccc(NC(=O)CCc2cccc(Br)c2)cn1. The Bertz CT molecular complexity index is 585. The lowest BCUT2D eigenvalue weighted by molar-refractivity contribution is -0.116. The molecule has 0 saturated carbocycles. The molecule has 0 saturated heterocycles. The van der Waals surface area contributed by atoms with E-state index >= 15 is 0 Å². The van der Waals surface area contributed by atoms with Crippen molar-refractivity contribution < 1.29 is 9.53 Å². The van der Waals surface area contributed by atoms with Gasteiger partial charge in [-0.2, -0.15) is 0 Å². The van der Waals surface area contributed by atoms with Gasteiger partial charge in [0.1, 0.15) is 0 Å². The number of hydrogen-bond acceptors (Lipinski definition) is 3. The van der Waals surface area contributed by atoms with Crippen molar-refractivity contribution in [1.29, 1.82) is 0 Å². The molecule has 5 heteroatoms. The Balaban J connectivity index is 1.85. The third-order valence-corrected chi connectivity index (χ3v) is 3.25. The van der Waals surface area contributed by atoms with Crippen LogP contribution in [0.15, 0.2) is 47.1 Å². The van der Waals surface area contributed by atoms with Gasteiger partial charge in [0, 0.05) is 17.0 Å². The quantitative estimate of drug-likeness (QED) is 0.911. The lowest BCUT2D eigenvalue weighted by Crippen LogP contribution is -2.12. The standard InChI is InChI=1S/C15H15BrN2O2/c1-20-15-8-6-13(10-17-15)18-14(19)7-5-11-3-2-4-12(16)9-11/h2-4,6,8-10H,5,7H2,1H3,(H,18,19). The molecule has 1 aromatic heterocycles. The van der Waals surface area contributed by atoms with Crippen molar-refractivity contribution >= 4 is 27.5 Å². The molecule has 0 fully saturated rings. The fourth-order valence-electron chi connectivity index (χ4n) is 1.75. The zero-order chi connectivity index (χ0) is 14.4. The summed E-state index contributed by atoms with van der Waals surface area (Å²) in [6.07, 6.45) is 2.72. The van der Waals surface area contributed by atoms with Crippen LogP contribution in [-0.2, 0) is 11.2 Å². The summed E-state index contributed by atoms with van der Waals surface area (Å²) in [4.78, 5) is 15.9. The number of hydrogen-bond donors (Lipinski definition) is 1. The molecule has 2 rings (SSSR count). The van der Waals surface area contributed by atoms with Crippen molar-refractivity contribution in [2.24, 2.45) is 0 Å². The van der Waals surface area contributed by atoms with Crippen molar-refractivity contribution in [3.8, 4) is 5.88 Å². The molecule has 104 valence electrons. The Morgan fingerprint density at radius 1 is 1.35 bits per heavy atom. The predicted octanol–water partition coefficient (Wildman–Crippen LogP) is 3.42. The molecule has 0 spiro atoms. The van der Waals surface area contributed by atoms with Gasteiger partial charge in [0.05, 0.1) is 19.0 Å². The summed E-state index contributed by atoms with van der Waals surface area (Å²) in [6.45, 7) is 0. The fraction of sp³-hybridized carbons (Fsp3) is 0.200. The monoisotopic (exact) mass is 334 g/mol. The average molecular weight is 335 g/mol. The van der Waals surface area contributed by atoms with Gasteiger partial charge in [0.15, 0.2) is 0 Å². The first-order valence-electron chi connectivity index (χ1n) is 6.22. The van der Waals surface area contributed by atoms with Crippen molar-refractivity contribution in [3.05, 3.63) is 52.6 Å². The smallest absolute Gasteiger partial charge is 0.224 e. The molecule has 2 aromatic rings. The Morgan fingerprint density at radius 3 is 2.85 bits per heavy atom. The maximum atomic E-state index is 11.8. The Morgan fingerprint density at radius 2 is 2.20 bits per heavy atom. The molecule has 1 heterocycles. The zero-order valence-electron chi connectivity index (χ0n) is 11.1. The van der Waals surface area contributed by atoms with Gasteiger partial charge < -0.3 is 10.1 Å². The molecule has 1 amide bonds. The largest absolute Gasteiger partial charge is 0.481 e. The minimum atomic E-state index is -0.0306. The van der Waals surface area contributed by atoms with Crippen LogP contribution in [0.2, 0.25) is 0 Å². The second-order valence-electron chi connectivity index (χ2n) is 4.27. The second kappa shape index (κ2) is 7.05. The minimum absolute atomic E-state index is 0.0306. The highest BCUT2D eigenvalue weighted by atomic mass is 79.9. The van der Waals surface area contributed by atoms with Gasteiger partial charge in [0.2, 0.25) is 11.8 Å². The first kappa shape index (κ1) is 14.5. The highest BCUT2D eigenvalue weighted by molar-refractivity contribution is 9.10. The molecule has 20 heavy (non-hydrogen) atoms. The molecular weight excluding hydrogens is 320 g/mol. The number of ether oxygens (including phenoxy) is 1. The molecular formula is C15H15BrN2O2. The number of benzene rings is 1. The fourth-order valence-corrected chi connectivity index (χ4v) is 2.20. The Kier molecular flexibility index (Phi) is 5.12. The number of nitrogens with one attached hydrogen (secondary N) is 1. The molecule has 0 aliphatic rings. The van der Waals surface area contributed by atoms with Gasteiger partial charge in [-0.15, -0.1) is 0 Å². The van der Waals surface area contributed by atoms with Crippen LogP contribution in [-0.4, -0.2) is 18.0 Å². The highest BCUT2D eigenvalue weighted by Crippen LogP contribution is 2.14. The third kappa shape index (κ3) is 4.35. The number of aromatic nitrogens is 1. The van der Waals surface area contributed by atoms with Crippen LogP contribution in [0.5, 0.6) is 5.88 Å². The average Bonchev–Trinajstić information content (AvgIpc) is 2.46. The van der Waals surface area contributed by atoms with Gasteiger partial charge in [0.25, 0.3) is 0 Å². The van der Waals surface area contributed by atoms with Crippen LogP contribution in [0.4, 0.5) is 5.69 Å². The maximum Gasteiger partial charge on any atom is 0.224 e. The number of nitrogens with zero attached hydrogens (tertiary/aromatic N) is 1. The van der Waals surface area contributed by atoms with E-state index in [1.807, 2.05) is 24.3 Å². The van der Waals surface area contributed by atoms with E-state index in [1.165, 1.54) is 0 Å². The van der Waals surface area contributed by atoms with E-state index in [1.54, 1.807) is 25.4 Å². The van der Waals surface area contributed by atoms with Crippen molar-refractivity contribution in [3.63, 3.8) is 0 Å². The van der Waals surface area contributed by atoms with Gasteiger partial charge in [-0.3, -0.25) is 4.79 Å². The van der Waals surface area contributed by atoms with Crippen molar-refractivity contribution in [2.45, 2.75) is 12.8 Å². The zero-order valence-corrected chi connectivity index (χ0v) is 12.7. The first-order chi connectivity index (χ1) is 9.67. The van der Waals surface area contributed by atoms with Crippen LogP contribution >= 0.6 is 15.9 Å². The molecule has 1 aromatic carbocycles. The summed E-state index contributed by atoms with van der Waals surface area (Å²) < 4.78 is 5.99.